The molecule has 0 spiro atoms. The van der Waals surface area contributed by atoms with E-state index in [0.717, 1.165) is 36.5 Å². The van der Waals surface area contributed by atoms with E-state index in [9.17, 15) is 4.79 Å². The normalized spacial score (nSPS) is 22.7. The summed E-state index contributed by atoms with van der Waals surface area (Å²) in [5.41, 5.74) is 2.05. The van der Waals surface area contributed by atoms with Crippen LogP contribution in [0.2, 0.25) is 0 Å². The molecule has 2 amide bonds. The summed E-state index contributed by atoms with van der Waals surface area (Å²) in [5.74, 6) is 0.877. The molecule has 4 rings (SSSR count). The molecule has 25 heavy (non-hydrogen) atoms. The third-order valence-electron chi connectivity index (χ3n) is 4.89. The van der Waals surface area contributed by atoms with Crippen molar-refractivity contribution in [2.75, 3.05) is 13.2 Å². The Morgan fingerprint density at radius 3 is 3.24 bits per heavy atom. The van der Waals surface area contributed by atoms with Gasteiger partial charge in [-0.15, -0.1) is 0 Å². The van der Waals surface area contributed by atoms with Crippen molar-refractivity contribution in [1.82, 2.24) is 29.7 Å². The maximum absolute atomic E-state index is 12.7. The van der Waals surface area contributed by atoms with Crippen LogP contribution in [0.15, 0.2) is 24.9 Å². The van der Waals surface area contributed by atoms with E-state index in [2.05, 4.69) is 31.8 Å². The van der Waals surface area contributed by atoms with Crippen LogP contribution in [0.5, 0.6) is 0 Å². The number of carbonyl (C=O) groups excluding carboxylic acids is 1. The van der Waals surface area contributed by atoms with Gasteiger partial charge in [0.15, 0.2) is 0 Å². The number of fused-ring (bicyclic) bond motifs is 1. The minimum absolute atomic E-state index is 0.0615. The number of amides is 2. The highest BCUT2D eigenvalue weighted by Gasteiger charge is 2.35. The summed E-state index contributed by atoms with van der Waals surface area (Å²) in [6.07, 6.45) is 8.43. The third-order valence-corrected chi connectivity index (χ3v) is 4.89. The molecule has 2 aromatic heterocycles. The van der Waals surface area contributed by atoms with Crippen LogP contribution in [-0.2, 0) is 24.2 Å². The lowest BCUT2D eigenvalue weighted by Crippen LogP contribution is -2.47. The SMILES string of the molecule is CCn1ccnc1[C@@H]1OCC[C@H]1NC(=O)N1CCc2ncncc2C1. The largest absolute Gasteiger partial charge is 0.368 e. The van der Waals surface area contributed by atoms with E-state index in [1.54, 1.807) is 18.7 Å². The van der Waals surface area contributed by atoms with E-state index in [1.165, 1.54) is 0 Å². The first-order valence-corrected chi connectivity index (χ1v) is 8.72. The number of aryl methyl sites for hydroxylation is 1. The lowest BCUT2D eigenvalue weighted by atomic mass is 10.1. The summed E-state index contributed by atoms with van der Waals surface area (Å²) < 4.78 is 7.92. The van der Waals surface area contributed by atoms with Crippen LogP contribution in [-0.4, -0.2) is 49.6 Å². The number of carbonyl (C=O) groups is 1. The Labute approximate surface area is 146 Å². The van der Waals surface area contributed by atoms with Gasteiger partial charge in [0.2, 0.25) is 0 Å². The van der Waals surface area contributed by atoms with Crippen LogP contribution in [0.3, 0.4) is 0 Å². The van der Waals surface area contributed by atoms with Crippen molar-refractivity contribution in [1.29, 1.82) is 0 Å². The summed E-state index contributed by atoms with van der Waals surface area (Å²) in [6, 6.07) is -0.127. The van der Waals surface area contributed by atoms with E-state index >= 15 is 0 Å². The topological polar surface area (TPSA) is 85.2 Å². The highest BCUT2D eigenvalue weighted by Crippen LogP contribution is 2.28. The second-order valence-electron chi connectivity index (χ2n) is 6.37. The Balaban J connectivity index is 1.44. The van der Waals surface area contributed by atoms with Gasteiger partial charge in [-0.3, -0.25) is 0 Å². The molecule has 8 heteroatoms. The lowest BCUT2D eigenvalue weighted by Gasteiger charge is -2.30. The fourth-order valence-electron chi connectivity index (χ4n) is 3.53. The number of nitrogens with zero attached hydrogens (tertiary/aromatic N) is 5. The Morgan fingerprint density at radius 1 is 1.44 bits per heavy atom. The first-order valence-electron chi connectivity index (χ1n) is 8.72. The van der Waals surface area contributed by atoms with Crippen LogP contribution in [0, 0.1) is 0 Å². The summed E-state index contributed by atoms with van der Waals surface area (Å²) in [6.45, 7) is 4.74. The molecule has 2 atom stereocenters. The number of rotatable bonds is 3. The lowest BCUT2D eigenvalue weighted by molar-refractivity contribution is 0.0882. The van der Waals surface area contributed by atoms with Crippen LogP contribution < -0.4 is 5.32 Å². The van der Waals surface area contributed by atoms with Crippen molar-refractivity contribution < 1.29 is 9.53 Å². The van der Waals surface area contributed by atoms with Gasteiger partial charge in [-0.1, -0.05) is 0 Å². The minimum atomic E-state index is -0.195. The fraction of sp³-hybridized carbons (Fsp3) is 0.529. The van der Waals surface area contributed by atoms with Crippen molar-refractivity contribution in [3.05, 3.63) is 42.0 Å². The number of aromatic nitrogens is 4. The first kappa shape index (κ1) is 16.0. The maximum Gasteiger partial charge on any atom is 0.318 e. The minimum Gasteiger partial charge on any atom is -0.368 e. The van der Waals surface area contributed by atoms with Crippen molar-refractivity contribution in [3.63, 3.8) is 0 Å². The smallest absolute Gasteiger partial charge is 0.318 e. The van der Waals surface area contributed by atoms with Gasteiger partial charge in [-0.05, 0) is 13.3 Å². The molecule has 0 radical (unpaired) electrons. The fourth-order valence-corrected chi connectivity index (χ4v) is 3.53. The van der Waals surface area contributed by atoms with Gasteiger partial charge < -0.3 is 19.5 Å². The molecule has 1 saturated heterocycles. The molecule has 0 aliphatic carbocycles. The molecule has 0 aromatic carbocycles. The zero-order valence-corrected chi connectivity index (χ0v) is 14.3. The van der Waals surface area contributed by atoms with Gasteiger partial charge in [0.05, 0.1) is 18.3 Å². The number of ether oxygens (including phenoxy) is 1. The summed E-state index contributed by atoms with van der Waals surface area (Å²) >= 11 is 0. The maximum atomic E-state index is 12.7. The van der Waals surface area contributed by atoms with Gasteiger partial charge in [-0.2, -0.15) is 0 Å². The Kier molecular flexibility index (Phi) is 4.35. The van der Waals surface area contributed by atoms with Crippen LogP contribution in [0.1, 0.15) is 36.5 Å². The second-order valence-corrected chi connectivity index (χ2v) is 6.37. The Bertz CT molecular complexity index is 761. The monoisotopic (exact) mass is 342 g/mol. The molecule has 2 aromatic rings. The van der Waals surface area contributed by atoms with E-state index in [4.69, 9.17) is 4.74 Å². The van der Waals surface area contributed by atoms with Gasteiger partial charge in [-0.25, -0.2) is 19.7 Å². The van der Waals surface area contributed by atoms with Gasteiger partial charge in [0.1, 0.15) is 18.3 Å². The van der Waals surface area contributed by atoms with Crippen LogP contribution in [0.25, 0.3) is 0 Å². The zero-order chi connectivity index (χ0) is 17.2. The van der Waals surface area contributed by atoms with Crippen molar-refractivity contribution in [3.8, 4) is 0 Å². The summed E-state index contributed by atoms with van der Waals surface area (Å²) in [7, 11) is 0. The molecule has 2 aliphatic heterocycles. The molecule has 0 saturated carbocycles. The van der Waals surface area contributed by atoms with E-state index in [0.29, 0.717) is 19.7 Å². The molecule has 8 nitrogen and oxygen atoms in total. The Morgan fingerprint density at radius 2 is 2.36 bits per heavy atom. The molecular formula is C17H22N6O2. The molecule has 1 N–H and O–H groups in total. The van der Waals surface area contributed by atoms with Crippen molar-refractivity contribution >= 4 is 6.03 Å². The number of nitrogens with one attached hydrogen (secondary N) is 1. The van der Waals surface area contributed by atoms with Crippen molar-refractivity contribution in [2.24, 2.45) is 0 Å². The average Bonchev–Trinajstić information content (AvgIpc) is 3.29. The number of hydrogen-bond donors (Lipinski definition) is 1. The van der Waals surface area contributed by atoms with Gasteiger partial charge in [0, 0.05) is 50.3 Å². The van der Waals surface area contributed by atoms with Gasteiger partial charge >= 0.3 is 6.03 Å². The highest BCUT2D eigenvalue weighted by molar-refractivity contribution is 5.75. The predicted octanol–water partition coefficient (Wildman–Crippen LogP) is 1.29. The molecule has 132 valence electrons. The van der Waals surface area contributed by atoms with Gasteiger partial charge in [0.25, 0.3) is 0 Å². The number of hydrogen-bond acceptors (Lipinski definition) is 5. The Hall–Kier alpha value is -2.48. The highest BCUT2D eigenvalue weighted by atomic mass is 16.5. The molecule has 0 bridgehead atoms. The quantitative estimate of drug-likeness (QED) is 0.908. The first-order chi connectivity index (χ1) is 12.3. The standard InChI is InChI=1S/C17H22N6O2/c1-2-22-7-5-19-16(22)15-14(4-8-25-15)21-17(24)23-6-3-13-12(10-23)9-18-11-20-13/h5,7,9,11,14-15H,2-4,6,8,10H2,1H3,(H,21,24)/t14-,15-/m1/s1. The van der Waals surface area contributed by atoms with E-state index in [1.807, 2.05) is 11.1 Å². The molecule has 0 unspecified atom stereocenters. The second kappa shape index (κ2) is 6.79. The number of urea groups is 1. The predicted molar refractivity (Wildman–Crippen MR) is 89.7 cm³/mol. The molecular weight excluding hydrogens is 320 g/mol. The molecule has 1 fully saturated rings. The summed E-state index contributed by atoms with van der Waals surface area (Å²) in [5, 5.41) is 3.14. The third kappa shape index (κ3) is 3.09. The molecule has 4 heterocycles. The van der Waals surface area contributed by atoms with E-state index in [-0.39, 0.29) is 18.2 Å². The zero-order valence-electron chi connectivity index (χ0n) is 14.3. The number of imidazole rings is 1. The average molecular weight is 342 g/mol. The van der Waals surface area contributed by atoms with Crippen molar-refractivity contribution in [2.45, 2.75) is 45.0 Å². The van der Waals surface area contributed by atoms with Crippen LogP contribution in [0.4, 0.5) is 4.79 Å². The molecule has 2 aliphatic rings. The van der Waals surface area contributed by atoms with Crippen LogP contribution >= 0.6 is 0 Å². The summed E-state index contributed by atoms with van der Waals surface area (Å²) in [4.78, 5) is 27.3. The van der Waals surface area contributed by atoms with E-state index < -0.39 is 0 Å².